The molecule has 0 amide bonds. The molecule has 1 aromatic rings. The summed E-state index contributed by atoms with van der Waals surface area (Å²) in [6, 6.07) is 3.98. The number of fused-ring (bicyclic) bond motifs is 1. The highest BCUT2D eigenvalue weighted by molar-refractivity contribution is 7.92. The Morgan fingerprint density at radius 2 is 1.67 bits per heavy atom. The van der Waals surface area contributed by atoms with Crippen LogP contribution in [0.2, 0.25) is 0 Å². The third kappa shape index (κ3) is 4.41. The topological polar surface area (TPSA) is 34.1 Å². The molecule has 2 aliphatic rings. The van der Waals surface area contributed by atoms with E-state index in [1.165, 1.54) is 11.6 Å². The molecule has 2 nitrogen and oxygen atoms in total. The largest absolute Gasteiger partial charge is 0.416 e. The number of allylic oxidation sites excluding steroid dienone is 1. The van der Waals surface area contributed by atoms with Gasteiger partial charge in [0.2, 0.25) is 0 Å². The van der Waals surface area contributed by atoms with Crippen LogP contribution in [-0.4, -0.2) is 18.9 Å². The van der Waals surface area contributed by atoms with Crippen molar-refractivity contribution in [1.82, 2.24) is 0 Å². The zero-order valence-electron chi connectivity index (χ0n) is 16.1. The van der Waals surface area contributed by atoms with Crippen LogP contribution in [0.3, 0.4) is 0 Å². The number of hydrogen-bond donors (Lipinski definition) is 0. The Morgan fingerprint density at radius 3 is 2.22 bits per heavy atom. The van der Waals surface area contributed by atoms with Crippen LogP contribution in [0, 0.1) is 11.8 Å². The van der Waals surface area contributed by atoms with Crippen LogP contribution in [0.15, 0.2) is 23.8 Å². The molecule has 0 radical (unpaired) electrons. The first kappa shape index (κ1) is 20.4. The Labute approximate surface area is 159 Å². The van der Waals surface area contributed by atoms with Crippen molar-refractivity contribution in [2.24, 2.45) is 11.8 Å². The second kappa shape index (κ2) is 6.94. The van der Waals surface area contributed by atoms with E-state index in [9.17, 15) is 21.6 Å². The lowest BCUT2D eigenvalue weighted by Gasteiger charge is -2.31. The Kier molecular flexibility index (Phi) is 5.26. The third-order valence-corrected chi connectivity index (χ3v) is 8.74. The molecule has 2 aliphatic carbocycles. The molecular weight excluding hydrogens is 373 g/mol. The second-order valence-corrected chi connectivity index (χ2v) is 11.7. The summed E-state index contributed by atoms with van der Waals surface area (Å²) in [7, 11) is -3.12. The Balaban J connectivity index is 1.64. The van der Waals surface area contributed by atoms with Gasteiger partial charge in [-0.1, -0.05) is 17.7 Å². The van der Waals surface area contributed by atoms with E-state index in [1.54, 1.807) is 26.8 Å². The van der Waals surface area contributed by atoms with Crippen molar-refractivity contribution in [3.63, 3.8) is 0 Å². The molecule has 6 heteroatoms. The average molecular weight is 401 g/mol. The molecule has 0 unspecified atom stereocenters. The van der Waals surface area contributed by atoms with E-state index in [-0.39, 0.29) is 11.7 Å². The van der Waals surface area contributed by atoms with E-state index >= 15 is 0 Å². The van der Waals surface area contributed by atoms with Gasteiger partial charge in [-0.2, -0.15) is 13.2 Å². The quantitative estimate of drug-likeness (QED) is 0.656. The summed E-state index contributed by atoms with van der Waals surface area (Å²) >= 11 is 0. The Hall–Kier alpha value is -1.30. The maximum Gasteiger partial charge on any atom is 0.416 e. The Bertz CT molecular complexity index is 837. The molecule has 0 saturated heterocycles. The number of hydrogen-bond acceptors (Lipinski definition) is 2. The molecule has 1 saturated carbocycles. The SMILES string of the molecule is CC(C)(C)S(=O)(=O)CC1CCC(C2=Cc3cc(C(F)(F)F)ccc3C2)CC1. The summed E-state index contributed by atoms with van der Waals surface area (Å²) in [6.45, 7) is 5.22. The Morgan fingerprint density at radius 1 is 1.04 bits per heavy atom. The lowest BCUT2D eigenvalue weighted by Crippen LogP contribution is -2.34. The molecule has 27 heavy (non-hydrogen) atoms. The minimum Gasteiger partial charge on any atom is -0.228 e. The fourth-order valence-corrected chi connectivity index (χ4v) is 5.51. The van der Waals surface area contributed by atoms with Gasteiger partial charge in [-0.25, -0.2) is 8.42 Å². The minimum atomic E-state index is -4.32. The van der Waals surface area contributed by atoms with Crippen LogP contribution in [0.1, 0.15) is 63.1 Å². The van der Waals surface area contributed by atoms with E-state index in [0.717, 1.165) is 37.3 Å². The third-order valence-electron chi connectivity index (χ3n) is 5.97. The maximum atomic E-state index is 12.9. The van der Waals surface area contributed by atoms with Crippen LogP contribution in [0.5, 0.6) is 0 Å². The van der Waals surface area contributed by atoms with Gasteiger partial charge in [0.1, 0.15) is 0 Å². The van der Waals surface area contributed by atoms with Gasteiger partial charge in [-0.05, 0) is 88.0 Å². The molecule has 0 aliphatic heterocycles. The summed E-state index contributed by atoms with van der Waals surface area (Å²) in [5.74, 6) is 0.768. The van der Waals surface area contributed by atoms with Crippen LogP contribution in [-0.2, 0) is 22.4 Å². The molecule has 0 heterocycles. The molecule has 150 valence electrons. The lowest BCUT2D eigenvalue weighted by atomic mass is 9.78. The summed E-state index contributed by atoms with van der Waals surface area (Å²) in [6.07, 6.45) is 1.86. The first-order valence-corrected chi connectivity index (χ1v) is 11.1. The van der Waals surface area contributed by atoms with Gasteiger partial charge in [0.05, 0.1) is 16.1 Å². The fraction of sp³-hybridized carbons (Fsp3) is 0.619. The summed E-state index contributed by atoms with van der Waals surface area (Å²) in [5.41, 5.74) is 2.23. The average Bonchev–Trinajstić information content (AvgIpc) is 2.96. The molecule has 0 bridgehead atoms. The van der Waals surface area contributed by atoms with Crippen molar-refractivity contribution in [1.29, 1.82) is 0 Å². The van der Waals surface area contributed by atoms with Crippen molar-refractivity contribution in [3.8, 4) is 0 Å². The van der Waals surface area contributed by atoms with Crippen molar-refractivity contribution in [2.75, 3.05) is 5.75 Å². The van der Waals surface area contributed by atoms with Crippen LogP contribution in [0.25, 0.3) is 6.08 Å². The molecule has 0 atom stereocenters. The van der Waals surface area contributed by atoms with Gasteiger partial charge in [0, 0.05) is 0 Å². The minimum absolute atomic E-state index is 0.187. The molecule has 0 N–H and O–H groups in total. The maximum absolute atomic E-state index is 12.9. The number of sulfone groups is 1. The molecule has 0 aromatic heterocycles. The van der Waals surface area contributed by atoms with Crippen molar-refractivity contribution >= 4 is 15.9 Å². The summed E-state index contributed by atoms with van der Waals surface area (Å²) in [5, 5.41) is 0. The highest BCUT2D eigenvalue weighted by Crippen LogP contribution is 2.41. The van der Waals surface area contributed by atoms with E-state index in [4.69, 9.17) is 0 Å². The van der Waals surface area contributed by atoms with Gasteiger partial charge >= 0.3 is 6.18 Å². The van der Waals surface area contributed by atoms with Crippen molar-refractivity contribution < 1.29 is 21.6 Å². The zero-order chi connectivity index (χ0) is 20.0. The van der Waals surface area contributed by atoms with Crippen LogP contribution in [0.4, 0.5) is 13.2 Å². The number of rotatable bonds is 3. The highest BCUT2D eigenvalue weighted by atomic mass is 32.2. The van der Waals surface area contributed by atoms with Crippen molar-refractivity contribution in [3.05, 3.63) is 40.5 Å². The van der Waals surface area contributed by atoms with E-state index < -0.39 is 26.3 Å². The van der Waals surface area contributed by atoms with Gasteiger partial charge in [0.25, 0.3) is 0 Å². The summed E-state index contributed by atoms with van der Waals surface area (Å²) in [4.78, 5) is 0. The predicted octanol–water partition coefficient (Wildman–Crippen LogP) is 5.66. The second-order valence-electron chi connectivity index (χ2n) is 8.92. The fourth-order valence-electron chi connectivity index (χ4n) is 4.06. The molecule has 1 aromatic carbocycles. The molecule has 1 fully saturated rings. The molecule has 3 rings (SSSR count). The van der Waals surface area contributed by atoms with Gasteiger partial charge in [-0.15, -0.1) is 0 Å². The van der Waals surface area contributed by atoms with Gasteiger partial charge < -0.3 is 0 Å². The highest BCUT2D eigenvalue weighted by Gasteiger charge is 2.35. The normalized spacial score (nSPS) is 23.9. The standard InChI is InChI=1S/C21H27F3O2S/c1-20(2,3)27(25,26)13-14-4-6-15(7-5-14)17-10-16-8-9-19(21(22,23)24)12-18(16)11-17/h8-9,11-12,14-15H,4-7,10,13H2,1-3H3. The van der Waals surface area contributed by atoms with E-state index in [2.05, 4.69) is 0 Å². The number of halogens is 3. The lowest BCUT2D eigenvalue weighted by molar-refractivity contribution is -0.137. The van der Waals surface area contributed by atoms with Gasteiger partial charge in [-0.3, -0.25) is 0 Å². The van der Waals surface area contributed by atoms with E-state index in [1.807, 2.05) is 6.08 Å². The summed E-state index contributed by atoms with van der Waals surface area (Å²) < 4.78 is 62.8. The number of alkyl halides is 3. The smallest absolute Gasteiger partial charge is 0.228 e. The number of benzene rings is 1. The molecule has 0 spiro atoms. The first-order chi connectivity index (χ1) is 12.4. The zero-order valence-corrected chi connectivity index (χ0v) is 16.9. The van der Waals surface area contributed by atoms with Crippen LogP contribution >= 0.6 is 0 Å². The monoisotopic (exact) mass is 400 g/mol. The van der Waals surface area contributed by atoms with E-state index in [0.29, 0.717) is 17.9 Å². The van der Waals surface area contributed by atoms with Gasteiger partial charge in [0.15, 0.2) is 9.84 Å². The molecular formula is C21H27F3O2S. The van der Waals surface area contributed by atoms with Crippen molar-refractivity contribution in [2.45, 2.75) is 63.8 Å². The predicted molar refractivity (Wildman–Crippen MR) is 102 cm³/mol. The first-order valence-electron chi connectivity index (χ1n) is 9.50. The van der Waals surface area contributed by atoms with Crippen LogP contribution < -0.4 is 0 Å².